The Labute approximate surface area is 167 Å². The highest BCUT2D eigenvalue weighted by Gasteiger charge is 2.19. The predicted octanol–water partition coefficient (Wildman–Crippen LogP) is 4.36. The van der Waals surface area contributed by atoms with E-state index in [1.54, 1.807) is 61.7 Å². The first kappa shape index (κ1) is 18.4. The third-order valence-electron chi connectivity index (χ3n) is 4.56. The van der Waals surface area contributed by atoms with E-state index in [4.69, 9.17) is 4.74 Å². The lowest BCUT2D eigenvalue weighted by atomic mass is 9.98. The smallest absolute Gasteiger partial charge is 0.275 e. The average Bonchev–Trinajstić information content (AvgIpc) is 2.78. The number of methoxy groups -OCH3 is 1. The molecule has 142 valence electrons. The summed E-state index contributed by atoms with van der Waals surface area (Å²) in [5.74, 6) is 0.439. The molecule has 0 saturated carbocycles. The van der Waals surface area contributed by atoms with Gasteiger partial charge in [-0.3, -0.25) is 9.59 Å². The molecule has 29 heavy (non-hydrogen) atoms. The van der Waals surface area contributed by atoms with Gasteiger partial charge < -0.3 is 9.72 Å². The van der Waals surface area contributed by atoms with E-state index in [2.05, 4.69) is 9.97 Å². The van der Waals surface area contributed by atoms with Crippen LogP contribution in [0.3, 0.4) is 0 Å². The molecule has 4 rings (SSSR count). The van der Waals surface area contributed by atoms with Crippen molar-refractivity contribution < 1.29 is 9.53 Å². The second-order valence-electron chi connectivity index (χ2n) is 6.46. The normalized spacial score (nSPS) is 11.4. The highest BCUT2D eigenvalue weighted by atomic mass is 16.5. The molecule has 3 aromatic carbocycles. The van der Waals surface area contributed by atoms with Gasteiger partial charge in [0, 0.05) is 5.56 Å². The molecular weight excluding hydrogens is 364 g/mol. The van der Waals surface area contributed by atoms with Crippen molar-refractivity contribution in [3.05, 3.63) is 106 Å². The molecule has 0 spiro atoms. The minimum Gasteiger partial charge on any atom is -0.497 e. The number of para-hydroxylation sites is 2. The van der Waals surface area contributed by atoms with Crippen LogP contribution in [0.2, 0.25) is 0 Å². The molecule has 0 aliphatic rings. The van der Waals surface area contributed by atoms with Crippen LogP contribution in [0.1, 0.15) is 21.6 Å². The number of hydrogen-bond donors (Lipinski definition) is 1. The zero-order chi connectivity index (χ0) is 20.2. The van der Waals surface area contributed by atoms with Crippen LogP contribution in [-0.4, -0.2) is 22.9 Å². The summed E-state index contributed by atoms with van der Waals surface area (Å²) >= 11 is 0. The lowest BCUT2D eigenvalue weighted by molar-refractivity contribution is 0.105. The van der Waals surface area contributed by atoms with E-state index in [9.17, 15) is 9.59 Å². The molecule has 1 heterocycles. The van der Waals surface area contributed by atoms with Crippen LogP contribution in [0, 0.1) is 0 Å². The van der Waals surface area contributed by atoms with Gasteiger partial charge in [-0.25, -0.2) is 4.98 Å². The minimum absolute atomic E-state index is 0.0911. The van der Waals surface area contributed by atoms with E-state index in [0.717, 1.165) is 5.56 Å². The van der Waals surface area contributed by atoms with Gasteiger partial charge in [0.05, 0.1) is 23.7 Å². The van der Waals surface area contributed by atoms with Crippen LogP contribution in [0.25, 0.3) is 22.7 Å². The van der Waals surface area contributed by atoms with Crippen molar-refractivity contribution in [1.29, 1.82) is 0 Å². The maximum Gasteiger partial charge on any atom is 0.275 e. The number of H-pyrrole nitrogens is 1. The molecule has 1 N–H and O–H groups in total. The molecule has 0 radical (unpaired) electrons. The maximum absolute atomic E-state index is 13.3. The molecule has 5 nitrogen and oxygen atoms in total. The number of carbonyl (C=O) groups is 1. The van der Waals surface area contributed by atoms with Crippen LogP contribution < -0.4 is 10.3 Å². The summed E-state index contributed by atoms with van der Waals surface area (Å²) in [6, 6.07) is 23.3. The van der Waals surface area contributed by atoms with Gasteiger partial charge in [-0.05, 0) is 35.9 Å². The Kier molecular flexibility index (Phi) is 5.03. The number of carbonyl (C=O) groups excluding carboxylic acids is 1. The first-order valence-corrected chi connectivity index (χ1v) is 9.10. The molecule has 0 amide bonds. The number of rotatable bonds is 5. The molecular formula is C24H18N2O3. The lowest BCUT2D eigenvalue weighted by Crippen LogP contribution is -2.18. The zero-order valence-corrected chi connectivity index (χ0v) is 15.8. The number of nitrogens with one attached hydrogen (secondary N) is 1. The van der Waals surface area contributed by atoms with Gasteiger partial charge in [0.25, 0.3) is 5.56 Å². The van der Waals surface area contributed by atoms with Gasteiger partial charge in [0.15, 0.2) is 5.78 Å². The Hall–Kier alpha value is -3.99. The third kappa shape index (κ3) is 3.84. The Morgan fingerprint density at radius 3 is 2.34 bits per heavy atom. The fraction of sp³-hybridized carbons (Fsp3) is 0.0417. The van der Waals surface area contributed by atoms with Gasteiger partial charge in [-0.2, -0.15) is 0 Å². The summed E-state index contributed by atoms with van der Waals surface area (Å²) in [5, 5.41) is 0. The Balaban J connectivity index is 1.90. The number of ketones is 1. The summed E-state index contributed by atoms with van der Waals surface area (Å²) in [6.07, 6.45) is 1.68. The molecule has 0 saturated heterocycles. The number of aromatic amines is 1. The number of nitrogens with zero attached hydrogens (tertiary/aromatic N) is 1. The van der Waals surface area contributed by atoms with Crippen molar-refractivity contribution in [3.8, 4) is 5.75 Å². The fourth-order valence-corrected chi connectivity index (χ4v) is 3.07. The van der Waals surface area contributed by atoms with Crippen LogP contribution in [0.15, 0.2) is 83.7 Å². The quantitative estimate of drug-likeness (QED) is 0.411. The van der Waals surface area contributed by atoms with Crippen molar-refractivity contribution in [3.63, 3.8) is 0 Å². The first-order valence-electron chi connectivity index (χ1n) is 9.10. The van der Waals surface area contributed by atoms with Gasteiger partial charge in [0.1, 0.15) is 11.4 Å². The molecule has 0 unspecified atom stereocenters. The topological polar surface area (TPSA) is 72.0 Å². The Bertz CT molecular complexity index is 1260. The van der Waals surface area contributed by atoms with Gasteiger partial charge in [0.2, 0.25) is 0 Å². The van der Waals surface area contributed by atoms with Crippen molar-refractivity contribution in [2.45, 2.75) is 0 Å². The molecule has 5 heteroatoms. The van der Waals surface area contributed by atoms with E-state index >= 15 is 0 Å². The molecule has 0 atom stereocenters. The summed E-state index contributed by atoms with van der Waals surface area (Å²) < 4.78 is 5.19. The average molecular weight is 382 g/mol. The highest BCUT2D eigenvalue weighted by Crippen LogP contribution is 2.22. The van der Waals surface area contributed by atoms with Crippen molar-refractivity contribution in [2.24, 2.45) is 0 Å². The van der Waals surface area contributed by atoms with Crippen LogP contribution >= 0.6 is 0 Å². The van der Waals surface area contributed by atoms with Crippen LogP contribution in [0.5, 0.6) is 5.75 Å². The molecule has 1 aromatic heterocycles. The van der Waals surface area contributed by atoms with Crippen molar-refractivity contribution in [2.75, 3.05) is 7.11 Å². The van der Waals surface area contributed by atoms with Crippen molar-refractivity contribution >= 4 is 28.5 Å². The number of benzene rings is 3. The van der Waals surface area contributed by atoms with E-state index in [1.807, 2.05) is 30.3 Å². The van der Waals surface area contributed by atoms with Crippen LogP contribution in [-0.2, 0) is 0 Å². The van der Waals surface area contributed by atoms with Crippen LogP contribution in [0.4, 0.5) is 0 Å². The second-order valence-corrected chi connectivity index (χ2v) is 6.46. The number of allylic oxidation sites excluding steroid dienone is 1. The van der Waals surface area contributed by atoms with Gasteiger partial charge in [-0.1, -0.05) is 54.6 Å². The molecule has 0 fully saturated rings. The predicted molar refractivity (Wildman–Crippen MR) is 114 cm³/mol. The third-order valence-corrected chi connectivity index (χ3v) is 4.56. The first-order chi connectivity index (χ1) is 14.2. The zero-order valence-electron chi connectivity index (χ0n) is 15.8. The number of aromatic nitrogens is 2. The second kappa shape index (κ2) is 7.94. The summed E-state index contributed by atoms with van der Waals surface area (Å²) in [6.45, 7) is 0. The molecule has 0 bridgehead atoms. The molecule has 4 aromatic rings. The van der Waals surface area contributed by atoms with Gasteiger partial charge >= 0.3 is 0 Å². The maximum atomic E-state index is 13.3. The number of hydrogen-bond acceptors (Lipinski definition) is 4. The number of Topliss-reactive ketones (excluding diaryl/α,β-unsaturated/α-hetero) is 1. The fourth-order valence-electron chi connectivity index (χ4n) is 3.07. The van der Waals surface area contributed by atoms with Gasteiger partial charge in [-0.15, -0.1) is 0 Å². The SMILES string of the molecule is COc1ccc(C=C(C(=O)c2ccccc2)c2nc3ccccc3[nH]c2=O)cc1. The summed E-state index contributed by atoms with van der Waals surface area (Å²) in [5.41, 5.74) is 2.40. The summed E-state index contributed by atoms with van der Waals surface area (Å²) in [7, 11) is 1.59. The van der Waals surface area contributed by atoms with E-state index in [1.165, 1.54) is 0 Å². The van der Waals surface area contributed by atoms with E-state index in [-0.39, 0.29) is 17.1 Å². The Morgan fingerprint density at radius 1 is 0.931 bits per heavy atom. The lowest BCUT2D eigenvalue weighted by Gasteiger charge is -2.08. The minimum atomic E-state index is -0.409. The standard InChI is InChI=1S/C24H18N2O3/c1-29-18-13-11-16(12-14-18)15-19(23(27)17-7-3-2-4-8-17)22-24(28)26-21-10-6-5-9-20(21)25-22/h2-15H,1H3,(H,26,28). The monoisotopic (exact) mass is 382 g/mol. The summed E-state index contributed by atoms with van der Waals surface area (Å²) in [4.78, 5) is 33.4. The van der Waals surface area contributed by atoms with E-state index < -0.39 is 5.56 Å². The largest absolute Gasteiger partial charge is 0.497 e. The highest BCUT2D eigenvalue weighted by molar-refractivity contribution is 6.32. The van der Waals surface area contributed by atoms with Crippen molar-refractivity contribution in [1.82, 2.24) is 9.97 Å². The number of ether oxygens (including phenoxy) is 1. The molecule has 0 aliphatic heterocycles. The van der Waals surface area contributed by atoms with E-state index in [0.29, 0.717) is 22.3 Å². The Morgan fingerprint density at radius 2 is 1.62 bits per heavy atom. The number of fused-ring (bicyclic) bond motifs is 1. The molecule has 0 aliphatic carbocycles.